The first-order valence-electron chi connectivity index (χ1n) is 12.1. The van der Waals surface area contributed by atoms with E-state index in [-0.39, 0.29) is 5.54 Å². The number of benzene rings is 1. The molecule has 3 heterocycles. The third kappa shape index (κ3) is 4.83. The SMILES string of the molecule is CCNC(=NCC1(N2CCCC2)CCOCC1)N1CCC(c2ccccc2)C(C)C1. The first-order chi connectivity index (χ1) is 14.7. The van der Waals surface area contributed by atoms with Crippen LogP contribution in [0.25, 0.3) is 0 Å². The number of piperidine rings is 1. The Morgan fingerprint density at radius 3 is 2.53 bits per heavy atom. The molecule has 30 heavy (non-hydrogen) atoms. The van der Waals surface area contributed by atoms with E-state index < -0.39 is 0 Å². The summed E-state index contributed by atoms with van der Waals surface area (Å²) in [5.41, 5.74) is 1.69. The number of aliphatic imine (C=N–C) groups is 1. The van der Waals surface area contributed by atoms with E-state index in [0.29, 0.717) is 11.8 Å². The fraction of sp³-hybridized carbons (Fsp3) is 0.720. The highest BCUT2D eigenvalue weighted by atomic mass is 16.5. The van der Waals surface area contributed by atoms with Crippen molar-refractivity contribution in [2.45, 2.75) is 57.4 Å². The molecule has 2 atom stereocenters. The van der Waals surface area contributed by atoms with Crippen molar-refractivity contribution in [3.05, 3.63) is 35.9 Å². The molecule has 3 aliphatic heterocycles. The van der Waals surface area contributed by atoms with Gasteiger partial charge in [-0.25, -0.2) is 0 Å². The minimum atomic E-state index is 0.198. The van der Waals surface area contributed by atoms with Gasteiger partial charge in [0.15, 0.2) is 5.96 Å². The van der Waals surface area contributed by atoms with Crippen LogP contribution in [-0.2, 0) is 4.74 Å². The van der Waals surface area contributed by atoms with Gasteiger partial charge in [0.1, 0.15) is 0 Å². The van der Waals surface area contributed by atoms with Crippen LogP contribution < -0.4 is 5.32 Å². The van der Waals surface area contributed by atoms with Crippen molar-refractivity contribution in [3.8, 4) is 0 Å². The second kappa shape index (κ2) is 10.1. The lowest BCUT2D eigenvalue weighted by molar-refractivity contribution is -0.0140. The summed E-state index contributed by atoms with van der Waals surface area (Å²) < 4.78 is 5.72. The first kappa shape index (κ1) is 21.6. The molecular formula is C25H40N4O. The van der Waals surface area contributed by atoms with Crippen LogP contribution in [0.3, 0.4) is 0 Å². The molecule has 1 N–H and O–H groups in total. The maximum Gasteiger partial charge on any atom is 0.193 e. The zero-order valence-corrected chi connectivity index (χ0v) is 19.0. The number of nitrogens with zero attached hydrogens (tertiary/aromatic N) is 3. The molecular weight excluding hydrogens is 372 g/mol. The quantitative estimate of drug-likeness (QED) is 0.591. The van der Waals surface area contributed by atoms with Crippen molar-refractivity contribution in [2.24, 2.45) is 10.9 Å². The van der Waals surface area contributed by atoms with Crippen LogP contribution in [0.15, 0.2) is 35.3 Å². The van der Waals surface area contributed by atoms with Crippen LogP contribution in [0, 0.1) is 5.92 Å². The molecule has 5 nitrogen and oxygen atoms in total. The molecule has 3 aliphatic rings. The average molecular weight is 413 g/mol. The van der Waals surface area contributed by atoms with Gasteiger partial charge in [-0.1, -0.05) is 37.3 Å². The maximum absolute atomic E-state index is 5.72. The Morgan fingerprint density at radius 1 is 1.13 bits per heavy atom. The molecule has 0 bridgehead atoms. The summed E-state index contributed by atoms with van der Waals surface area (Å²) in [7, 11) is 0. The molecule has 3 fully saturated rings. The molecule has 5 heteroatoms. The average Bonchev–Trinajstić information content (AvgIpc) is 3.34. The number of guanidine groups is 1. The predicted octanol–water partition coefficient (Wildman–Crippen LogP) is 3.72. The Hall–Kier alpha value is -1.59. The molecule has 0 saturated carbocycles. The maximum atomic E-state index is 5.72. The fourth-order valence-corrected chi connectivity index (χ4v) is 5.70. The predicted molar refractivity (Wildman–Crippen MR) is 124 cm³/mol. The number of ether oxygens (including phenoxy) is 1. The summed E-state index contributed by atoms with van der Waals surface area (Å²) in [5, 5.41) is 3.60. The highest BCUT2D eigenvalue weighted by molar-refractivity contribution is 5.80. The Balaban J connectivity index is 1.45. The van der Waals surface area contributed by atoms with E-state index >= 15 is 0 Å². The van der Waals surface area contributed by atoms with Crippen LogP contribution in [0.2, 0.25) is 0 Å². The Labute approximate surface area is 182 Å². The Morgan fingerprint density at radius 2 is 1.87 bits per heavy atom. The van der Waals surface area contributed by atoms with Gasteiger partial charge in [0.2, 0.25) is 0 Å². The van der Waals surface area contributed by atoms with Crippen molar-refractivity contribution in [3.63, 3.8) is 0 Å². The lowest BCUT2D eigenvalue weighted by Crippen LogP contribution is -2.54. The molecule has 166 valence electrons. The number of nitrogens with one attached hydrogen (secondary N) is 1. The van der Waals surface area contributed by atoms with Crippen molar-refractivity contribution in [1.82, 2.24) is 15.1 Å². The van der Waals surface area contributed by atoms with E-state index in [1.807, 2.05) is 0 Å². The first-order valence-corrected chi connectivity index (χ1v) is 12.1. The molecule has 1 aromatic carbocycles. The summed E-state index contributed by atoms with van der Waals surface area (Å²) in [6.07, 6.45) is 6.08. The van der Waals surface area contributed by atoms with Crippen LogP contribution >= 0.6 is 0 Å². The summed E-state index contributed by atoms with van der Waals surface area (Å²) in [6, 6.07) is 11.0. The largest absolute Gasteiger partial charge is 0.381 e. The lowest BCUT2D eigenvalue weighted by Gasteiger charge is -2.44. The van der Waals surface area contributed by atoms with Gasteiger partial charge in [0.05, 0.1) is 6.54 Å². The van der Waals surface area contributed by atoms with Gasteiger partial charge < -0.3 is 15.0 Å². The van der Waals surface area contributed by atoms with E-state index in [2.05, 4.69) is 59.3 Å². The molecule has 0 aromatic heterocycles. The topological polar surface area (TPSA) is 40.1 Å². The summed E-state index contributed by atoms with van der Waals surface area (Å²) in [5.74, 6) is 2.39. The molecule has 0 radical (unpaired) electrons. The van der Waals surface area contributed by atoms with Crippen molar-refractivity contribution < 1.29 is 4.74 Å². The molecule has 0 aliphatic carbocycles. The van der Waals surface area contributed by atoms with Crippen molar-refractivity contribution in [2.75, 3.05) is 52.5 Å². The second-order valence-corrected chi connectivity index (χ2v) is 9.43. The van der Waals surface area contributed by atoms with Crippen molar-refractivity contribution >= 4 is 5.96 Å². The number of likely N-dealkylation sites (tertiary alicyclic amines) is 2. The standard InChI is InChI=1S/C25H40N4O/c1-3-26-24(27-20-25(12-17-30-18-13-25)29-14-7-8-15-29)28-16-11-23(21(2)19-28)22-9-5-4-6-10-22/h4-6,9-10,21,23H,3,7-8,11-20H2,1-2H3,(H,26,27). The van der Waals surface area contributed by atoms with Gasteiger partial charge >= 0.3 is 0 Å². The second-order valence-electron chi connectivity index (χ2n) is 9.43. The van der Waals surface area contributed by atoms with Crippen molar-refractivity contribution in [1.29, 1.82) is 0 Å². The molecule has 4 rings (SSSR count). The van der Waals surface area contributed by atoms with E-state index in [9.17, 15) is 0 Å². The number of hydrogen-bond acceptors (Lipinski definition) is 3. The van der Waals surface area contributed by atoms with Crippen LogP contribution in [0.4, 0.5) is 0 Å². The monoisotopic (exact) mass is 412 g/mol. The fourth-order valence-electron chi connectivity index (χ4n) is 5.70. The molecule has 1 aromatic rings. The van der Waals surface area contributed by atoms with Gasteiger partial charge in [0, 0.05) is 38.4 Å². The smallest absolute Gasteiger partial charge is 0.193 e. The van der Waals surface area contributed by atoms with Gasteiger partial charge in [-0.3, -0.25) is 9.89 Å². The number of rotatable bonds is 5. The third-order valence-electron chi connectivity index (χ3n) is 7.49. The zero-order chi connectivity index (χ0) is 20.8. The normalized spacial score (nSPS) is 27.9. The molecule has 2 unspecified atom stereocenters. The van der Waals surface area contributed by atoms with E-state index in [0.717, 1.165) is 58.2 Å². The number of hydrogen-bond donors (Lipinski definition) is 1. The van der Waals surface area contributed by atoms with Gasteiger partial charge in [-0.2, -0.15) is 0 Å². The molecule has 0 spiro atoms. The van der Waals surface area contributed by atoms with E-state index in [4.69, 9.17) is 9.73 Å². The molecule has 0 amide bonds. The summed E-state index contributed by atoms with van der Waals surface area (Å²) in [4.78, 5) is 10.5. The van der Waals surface area contributed by atoms with Crippen LogP contribution in [0.5, 0.6) is 0 Å². The van der Waals surface area contributed by atoms with Gasteiger partial charge in [-0.05, 0) is 69.5 Å². The Kier molecular flexibility index (Phi) is 7.32. The third-order valence-corrected chi connectivity index (χ3v) is 7.49. The highest BCUT2D eigenvalue weighted by Crippen LogP contribution is 2.34. The summed E-state index contributed by atoms with van der Waals surface area (Å²) >= 11 is 0. The van der Waals surface area contributed by atoms with Gasteiger partial charge in [-0.15, -0.1) is 0 Å². The highest BCUT2D eigenvalue weighted by Gasteiger charge is 2.40. The minimum absolute atomic E-state index is 0.198. The van der Waals surface area contributed by atoms with Gasteiger partial charge in [0.25, 0.3) is 0 Å². The minimum Gasteiger partial charge on any atom is -0.381 e. The van der Waals surface area contributed by atoms with Crippen LogP contribution in [-0.4, -0.2) is 73.8 Å². The lowest BCUT2D eigenvalue weighted by atomic mass is 9.82. The molecule has 3 saturated heterocycles. The van der Waals surface area contributed by atoms with Crippen LogP contribution in [0.1, 0.15) is 57.4 Å². The van der Waals surface area contributed by atoms with E-state index in [1.54, 1.807) is 0 Å². The zero-order valence-electron chi connectivity index (χ0n) is 19.0. The summed E-state index contributed by atoms with van der Waals surface area (Å²) in [6.45, 7) is 12.8. The Bertz CT molecular complexity index is 680. The van der Waals surface area contributed by atoms with E-state index in [1.165, 1.54) is 37.9 Å².